The minimum Gasteiger partial charge on any atom is -0.504 e. The van der Waals surface area contributed by atoms with Crippen LogP contribution in [-0.4, -0.2) is 37.2 Å². The van der Waals surface area contributed by atoms with Crippen molar-refractivity contribution < 1.29 is 15.3 Å². The smallest absolute Gasteiger partial charge is 0.166 e. The van der Waals surface area contributed by atoms with Crippen LogP contribution in [0.5, 0.6) is 11.5 Å². The van der Waals surface area contributed by atoms with Gasteiger partial charge in [0, 0.05) is 5.92 Å². The van der Waals surface area contributed by atoms with E-state index in [4.69, 9.17) is 10.5 Å². The number of nitrogens with two attached hydrogens (primary N) is 1. The van der Waals surface area contributed by atoms with Crippen molar-refractivity contribution in [1.29, 1.82) is 0 Å². The number of aromatic hydroxyl groups is 1. The largest absolute Gasteiger partial charge is 0.504 e. The number of nitrogens with zero attached hydrogens (tertiary/aromatic N) is 4. The number of phenols is 1. The third-order valence-corrected chi connectivity index (χ3v) is 3.62. The highest BCUT2D eigenvalue weighted by Crippen LogP contribution is 2.29. The second kappa shape index (κ2) is 8.00. The molecule has 2 aliphatic heterocycles. The van der Waals surface area contributed by atoms with Gasteiger partial charge in [-0.1, -0.05) is 19.9 Å². The second-order valence-electron chi connectivity index (χ2n) is 5.67. The molecule has 0 aromatic heterocycles. The number of phenolic OH excluding ortho intramolecular Hbond substituents is 1. The summed E-state index contributed by atoms with van der Waals surface area (Å²) in [6.45, 7) is 4.56. The number of hydrogen-bond donors (Lipinski definition) is 2. The molecule has 0 aliphatic carbocycles. The van der Waals surface area contributed by atoms with Crippen molar-refractivity contribution in [3.63, 3.8) is 0 Å². The van der Waals surface area contributed by atoms with E-state index in [9.17, 15) is 5.11 Å². The molecule has 0 saturated heterocycles. The summed E-state index contributed by atoms with van der Waals surface area (Å²) < 4.78 is 6.92. The zero-order chi connectivity index (χ0) is 16.6. The Morgan fingerprint density at radius 3 is 2.60 bits per heavy atom. The number of imidazole rings is 1. The Morgan fingerprint density at radius 2 is 2.00 bits per heavy atom. The second-order valence-corrected chi connectivity index (χ2v) is 5.67. The van der Waals surface area contributed by atoms with Crippen LogP contribution < -0.4 is 10.5 Å². The molecule has 2 aliphatic rings. The summed E-state index contributed by atoms with van der Waals surface area (Å²) in [4.78, 5) is 13.2. The highest BCUT2D eigenvalue weighted by molar-refractivity contribution is 5.85. The summed E-state index contributed by atoms with van der Waals surface area (Å²) in [5, 5.41) is 9.91. The van der Waals surface area contributed by atoms with Crippen LogP contribution in [0.1, 0.15) is 31.2 Å². The molecule has 0 fully saturated rings. The fourth-order valence-corrected chi connectivity index (χ4v) is 2.38. The maximum atomic E-state index is 9.91. The zero-order valence-electron chi connectivity index (χ0n) is 14.2. The topological polar surface area (TPSA) is 131 Å². The molecule has 1 aromatic rings. The third kappa shape index (κ3) is 3.92. The lowest BCUT2D eigenvalue weighted by Crippen LogP contribution is -2.09. The normalized spacial score (nSPS) is 10.4. The van der Waals surface area contributed by atoms with Crippen LogP contribution in [-0.2, 0) is 6.54 Å². The number of fused-ring (bicyclic) bond motifs is 1. The van der Waals surface area contributed by atoms with Gasteiger partial charge in [0.1, 0.15) is 5.82 Å². The predicted octanol–water partition coefficient (Wildman–Crippen LogP) is 1.84. The minimum atomic E-state index is 0. The first-order valence-corrected chi connectivity index (χ1v) is 7.33. The first-order chi connectivity index (χ1) is 11.0. The van der Waals surface area contributed by atoms with Crippen LogP contribution >= 0.6 is 12.4 Å². The number of hydrogen-bond acceptors (Lipinski definition) is 6. The molecule has 1 aromatic carbocycles. The molecule has 8 nitrogen and oxygen atoms in total. The molecule has 0 atom stereocenters. The first kappa shape index (κ1) is 20.5. The Kier molecular flexibility index (Phi) is 6.55. The lowest BCUT2D eigenvalue weighted by atomic mass is 10.2. The Labute approximate surface area is 151 Å². The lowest BCUT2D eigenvalue weighted by Gasteiger charge is -2.12. The number of rotatable bonds is 4. The highest BCUT2D eigenvalue weighted by atomic mass is 35.5. The van der Waals surface area contributed by atoms with E-state index >= 15 is 0 Å². The number of nitrogen functional groups attached to an aromatic ring is 1. The molecule has 0 amide bonds. The van der Waals surface area contributed by atoms with Gasteiger partial charge in [0.15, 0.2) is 28.8 Å². The average molecular weight is 368 g/mol. The van der Waals surface area contributed by atoms with Gasteiger partial charge in [-0.15, -0.1) is 12.4 Å². The van der Waals surface area contributed by atoms with Crippen LogP contribution in [0.4, 0.5) is 5.82 Å². The molecule has 0 saturated carbocycles. The molecule has 5 N–H and O–H groups in total. The van der Waals surface area contributed by atoms with E-state index in [-0.39, 0.29) is 29.6 Å². The Balaban J connectivity index is 0.00000156. The van der Waals surface area contributed by atoms with Crippen LogP contribution in [0, 0.1) is 0 Å². The Hall–Kier alpha value is -2.58. The maximum Gasteiger partial charge on any atom is 0.166 e. The summed E-state index contributed by atoms with van der Waals surface area (Å²) in [7, 11) is 1.52. The van der Waals surface area contributed by atoms with Crippen molar-refractivity contribution in [3.8, 4) is 23.0 Å². The molecular formula is C16H22ClN5O3. The third-order valence-electron chi connectivity index (χ3n) is 3.62. The molecule has 0 bridgehead atoms. The summed E-state index contributed by atoms with van der Waals surface area (Å²) in [5.41, 5.74) is 7.41. The molecule has 25 heavy (non-hydrogen) atoms. The molecule has 9 heteroatoms. The van der Waals surface area contributed by atoms with E-state index < -0.39 is 0 Å². The van der Waals surface area contributed by atoms with Crippen molar-refractivity contribution in [1.82, 2.24) is 19.5 Å². The predicted molar refractivity (Wildman–Crippen MR) is 97.6 cm³/mol. The van der Waals surface area contributed by atoms with E-state index in [1.807, 2.05) is 24.5 Å². The Morgan fingerprint density at radius 1 is 1.28 bits per heavy atom. The quantitative estimate of drug-likeness (QED) is 0.723. The van der Waals surface area contributed by atoms with E-state index in [0.29, 0.717) is 29.6 Å². The zero-order valence-corrected chi connectivity index (χ0v) is 15.0. The van der Waals surface area contributed by atoms with Gasteiger partial charge in [-0.05, 0) is 17.7 Å². The number of halogens is 1. The van der Waals surface area contributed by atoms with E-state index in [1.54, 1.807) is 18.5 Å². The van der Waals surface area contributed by atoms with E-state index in [0.717, 1.165) is 11.4 Å². The summed E-state index contributed by atoms with van der Waals surface area (Å²) in [5.74, 6) is 2.55. The maximum absolute atomic E-state index is 9.91. The van der Waals surface area contributed by atoms with Crippen LogP contribution in [0.2, 0.25) is 0 Å². The van der Waals surface area contributed by atoms with Crippen molar-refractivity contribution >= 4 is 18.2 Å². The SMILES string of the molecule is COc1ccc(Cn2cnc(N)c3nc(C(C)C)nc2-3)cc1O.Cl.O. The summed E-state index contributed by atoms with van der Waals surface area (Å²) in [6, 6.07) is 5.27. The summed E-state index contributed by atoms with van der Waals surface area (Å²) in [6.07, 6.45) is 1.64. The number of ether oxygens (including phenoxy) is 1. The molecule has 2 heterocycles. The molecule has 0 radical (unpaired) electrons. The Bertz CT molecular complexity index is 822. The molecule has 0 spiro atoms. The van der Waals surface area contributed by atoms with Gasteiger partial charge in [-0.3, -0.25) is 0 Å². The standard InChI is InChI=1S/C16H19N5O2.ClH.H2O/c1-9(2)15-19-13-14(17)18-8-21(16(13)20-15)7-10-4-5-12(23-3)11(22)6-10;;/h4-6,8-9,22H,7,17H2,1-3H3;1H;1H2. The number of methoxy groups -OCH3 is 1. The monoisotopic (exact) mass is 367 g/mol. The number of benzene rings is 1. The van der Waals surface area contributed by atoms with Gasteiger partial charge < -0.3 is 25.6 Å². The molecular weight excluding hydrogens is 346 g/mol. The van der Waals surface area contributed by atoms with Crippen molar-refractivity contribution in [2.24, 2.45) is 0 Å². The number of anilines is 1. The lowest BCUT2D eigenvalue weighted by molar-refractivity contribution is 0.373. The van der Waals surface area contributed by atoms with Gasteiger partial charge in [-0.2, -0.15) is 0 Å². The van der Waals surface area contributed by atoms with Gasteiger partial charge in [0.05, 0.1) is 20.0 Å². The number of aromatic nitrogens is 4. The summed E-state index contributed by atoms with van der Waals surface area (Å²) >= 11 is 0. The van der Waals surface area contributed by atoms with Gasteiger partial charge >= 0.3 is 0 Å². The van der Waals surface area contributed by atoms with Gasteiger partial charge in [0.2, 0.25) is 0 Å². The fraction of sp³-hybridized carbons (Fsp3) is 0.312. The van der Waals surface area contributed by atoms with Crippen molar-refractivity contribution in [2.75, 3.05) is 12.8 Å². The van der Waals surface area contributed by atoms with Crippen LogP contribution in [0.3, 0.4) is 0 Å². The van der Waals surface area contributed by atoms with Crippen molar-refractivity contribution in [3.05, 3.63) is 35.9 Å². The molecule has 3 rings (SSSR count). The highest BCUT2D eigenvalue weighted by Gasteiger charge is 2.20. The van der Waals surface area contributed by atoms with E-state index in [1.165, 1.54) is 7.11 Å². The molecule has 0 unspecified atom stereocenters. The first-order valence-electron chi connectivity index (χ1n) is 7.33. The minimum absolute atomic E-state index is 0. The fourth-order valence-electron chi connectivity index (χ4n) is 2.38. The van der Waals surface area contributed by atoms with Gasteiger partial charge in [-0.25, -0.2) is 15.0 Å². The van der Waals surface area contributed by atoms with Crippen molar-refractivity contribution in [2.45, 2.75) is 26.3 Å². The van der Waals surface area contributed by atoms with Crippen LogP contribution in [0.15, 0.2) is 24.5 Å². The molecule has 136 valence electrons. The van der Waals surface area contributed by atoms with E-state index in [2.05, 4.69) is 15.0 Å². The average Bonchev–Trinajstić information content (AvgIpc) is 2.97. The van der Waals surface area contributed by atoms with Gasteiger partial charge in [0.25, 0.3) is 0 Å². The van der Waals surface area contributed by atoms with Crippen LogP contribution in [0.25, 0.3) is 11.5 Å².